The zero-order valence-corrected chi connectivity index (χ0v) is 11.2. The number of halogens is 1. The second-order valence-corrected chi connectivity index (χ2v) is 4.47. The second kappa shape index (κ2) is 5.71. The molecule has 8 heteroatoms. The van der Waals surface area contributed by atoms with Gasteiger partial charge in [-0.2, -0.15) is 5.10 Å². The Balaban J connectivity index is 2.16. The summed E-state index contributed by atoms with van der Waals surface area (Å²) in [6.07, 6.45) is 3.09. The predicted octanol–water partition coefficient (Wildman–Crippen LogP) is 0.297. The van der Waals surface area contributed by atoms with Gasteiger partial charge in [-0.05, 0) is 18.2 Å². The summed E-state index contributed by atoms with van der Waals surface area (Å²) in [5.74, 6) is -2.18. The molecule has 110 valence electrons. The van der Waals surface area contributed by atoms with Gasteiger partial charge in [0.2, 0.25) is 5.91 Å². The van der Waals surface area contributed by atoms with Crippen molar-refractivity contribution in [2.75, 3.05) is 5.32 Å². The van der Waals surface area contributed by atoms with Gasteiger partial charge < -0.3 is 16.8 Å². The SMILES string of the molecule is Cn1cc(C(N)C(=O)Nc2ccc(F)c(C(N)=O)c2)cn1. The molecule has 0 aliphatic carbocycles. The third-order valence-corrected chi connectivity index (χ3v) is 2.87. The van der Waals surface area contributed by atoms with E-state index in [-0.39, 0.29) is 11.3 Å². The van der Waals surface area contributed by atoms with Crippen LogP contribution in [0.4, 0.5) is 10.1 Å². The lowest BCUT2D eigenvalue weighted by Gasteiger charge is -2.11. The molecular formula is C13H14FN5O2. The molecule has 1 unspecified atom stereocenters. The zero-order valence-electron chi connectivity index (χ0n) is 11.2. The molecule has 2 aromatic rings. The molecule has 0 fully saturated rings. The molecular weight excluding hydrogens is 277 g/mol. The number of anilines is 1. The maximum Gasteiger partial charge on any atom is 0.251 e. The van der Waals surface area contributed by atoms with Crippen molar-refractivity contribution in [3.8, 4) is 0 Å². The van der Waals surface area contributed by atoms with Crippen LogP contribution in [0.3, 0.4) is 0 Å². The highest BCUT2D eigenvalue weighted by atomic mass is 19.1. The topological polar surface area (TPSA) is 116 Å². The molecule has 0 bridgehead atoms. The number of amides is 2. The van der Waals surface area contributed by atoms with Gasteiger partial charge in [-0.25, -0.2) is 4.39 Å². The first-order valence-electron chi connectivity index (χ1n) is 6.03. The molecule has 0 saturated carbocycles. The van der Waals surface area contributed by atoms with Crippen molar-refractivity contribution in [3.05, 3.63) is 47.5 Å². The average Bonchev–Trinajstić information content (AvgIpc) is 2.86. The fourth-order valence-electron chi connectivity index (χ4n) is 1.76. The Kier molecular flexibility index (Phi) is 3.99. The fourth-order valence-corrected chi connectivity index (χ4v) is 1.76. The maximum absolute atomic E-state index is 13.3. The molecule has 0 radical (unpaired) electrons. The van der Waals surface area contributed by atoms with E-state index in [4.69, 9.17) is 11.5 Å². The van der Waals surface area contributed by atoms with Crippen molar-refractivity contribution >= 4 is 17.5 Å². The summed E-state index contributed by atoms with van der Waals surface area (Å²) in [6.45, 7) is 0. The minimum Gasteiger partial charge on any atom is -0.366 e. The molecule has 1 heterocycles. The van der Waals surface area contributed by atoms with Gasteiger partial charge in [0.25, 0.3) is 5.91 Å². The molecule has 21 heavy (non-hydrogen) atoms. The minimum absolute atomic E-state index is 0.231. The summed E-state index contributed by atoms with van der Waals surface area (Å²) < 4.78 is 14.9. The van der Waals surface area contributed by atoms with Crippen LogP contribution in [-0.4, -0.2) is 21.6 Å². The number of aromatic nitrogens is 2. The lowest BCUT2D eigenvalue weighted by molar-refractivity contribution is -0.117. The lowest BCUT2D eigenvalue weighted by Crippen LogP contribution is -2.27. The summed E-state index contributed by atoms with van der Waals surface area (Å²) in [5.41, 5.74) is 11.3. The first-order valence-corrected chi connectivity index (χ1v) is 6.03. The molecule has 0 saturated heterocycles. The number of hydrogen-bond donors (Lipinski definition) is 3. The van der Waals surface area contributed by atoms with Crippen LogP contribution in [0.25, 0.3) is 0 Å². The maximum atomic E-state index is 13.3. The van der Waals surface area contributed by atoms with Crippen molar-refractivity contribution in [2.24, 2.45) is 18.5 Å². The molecule has 1 aromatic heterocycles. The van der Waals surface area contributed by atoms with E-state index in [1.54, 1.807) is 13.2 Å². The Labute approximate surface area is 119 Å². The van der Waals surface area contributed by atoms with Gasteiger partial charge in [-0.1, -0.05) is 0 Å². The van der Waals surface area contributed by atoms with Crippen LogP contribution < -0.4 is 16.8 Å². The van der Waals surface area contributed by atoms with E-state index in [9.17, 15) is 14.0 Å². The normalized spacial score (nSPS) is 12.0. The van der Waals surface area contributed by atoms with Crippen molar-refractivity contribution in [2.45, 2.75) is 6.04 Å². The lowest BCUT2D eigenvalue weighted by atomic mass is 10.1. The van der Waals surface area contributed by atoms with Crippen LogP contribution in [0, 0.1) is 5.82 Å². The average molecular weight is 291 g/mol. The van der Waals surface area contributed by atoms with Crippen LogP contribution in [-0.2, 0) is 11.8 Å². The number of nitrogens with zero attached hydrogens (tertiary/aromatic N) is 2. The zero-order chi connectivity index (χ0) is 15.6. The number of carbonyl (C=O) groups excluding carboxylic acids is 2. The number of rotatable bonds is 4. The van der Waals surface area contributed by atoms with E-state index in [1.807, 2.05) is 0 Å². The number of carbonyl (C=O) groups is 2. The smallest absolute Gasteiger partial charge is 0.251 e. The van der Waals surface area contributed by atoms with E-state index in [2.05, 4.69) is 10.4 Å². The van der Waals surface area contributed by atoms with Crippen LogP contribution in [0.2, 0.25) is 0 Å². The van der Waals surface area contributed by atoms with Crippen LogP contribution in [0.5, 0.6) is 0 Å². The van der Waals surface area contributed by atoms with E-state index in [0.717, 1.165) is 12.1 Å². The summed E-state index contributed by atoms with van der Waals surface area (Å²) in [5, 5.41) is 6.42. The highest BCUT2D eigenvalue weighted by molar-refractivity contribution is 5.98. The standard InChI is InChI=1S/C13H14FN5O2/c1-19-6-7(5-17-19)11(15)13(21)18-8-2-3-10(14)9(4-8)12(16)20/h2-6,11H,15H2,1H3,(H2,16,20)(H,18,21). The Hall–Kier alpha value is -2.74. The largest absolute Gasteiger partial charge is 0.366 e. The number of aryl methyl sites for hydroxylation is 1. The van der Waals surface area contributed by atoms with Crippen LogP contribution in [0.1, 0.15) is 22.0 Å². The number of hydrogen-bond acceptors (Lipinski definition) is 4. The summed E-state index contributed by atoms with van der Waals surface area (Å²) >= 11 is 0. The van der Waals surface area contributed by atoms with Gasteiger partial charge in [0.05, 0.1) is 11.8 Å². The molecule has 5 N–H and O–H groups in total. The van der Waals surface area contributed by atoms with Gasteiger partial charge in [0.1, 0.15) is 11.9 Å². The predicted molar refractivity (Wildman–Crippen MR) is 73.7 cm³/mol. The Morgan fingerprint density at radius 3 is 2.71 bits per heavy atom. The first-order chi connectivity index (χ1) is 9.88. The monoisotopic (exact) mass is 291 g/mol. The van der Waals surface area contributed by atoms with E-state index >= 15 is 0 Å². The third-order valence-electron chi connectivity index (χ3n) is 2.87. The van der Waals surface area contributed by atoms with E-state index in [0.29, 0.717) is 5.56 Å². The van der Waals surface area contributed by atoms with Gasteiger partial charge in [-0.15, -0.1) is 0 Å². The second-order valence-electron chi connectivity index (χ2n) is 4.47. The van der Waals surface area contributed by atoms with Crippen LogP contribution >= 0.6 is 0 Å². The fraction of sp³-hybridized carbons (Fsp3) is 0.154. The Bertz CT molecular complexity index is 698. The van der Waals surface area contributed by atoms with E-state index < -0.39 is 23.7 Å². The molecule has 1 aromatic carbocycles. The number of nitrogens with one attached hydrogen (secondary N) is 1. The molecule has 2 amide bonds. The van der Waals surface area contributed by atoms with Gasteiger partial charge in [0, 0.05) is 24.5 Å². The molecule has 2 rings (SSSR count). The first kappa shape index (κ1) is 14.7. The van der Waals surface area contributed by atoms with Crippen molar-refractivity contribution < 1.29 is 14.0 Å². The van der Waals surface area contributed by atoms with Crippen molar-refractivity contribution in [1.82, 2.24) is 9.78 Å². The third kappa shape index (κ3) is 3.23. The number of nitrogens with two attached hydrogens (primary N) is 2. The summed E-state index contributed by atoms with van der Waals surface area (Å²) in [7, 11) is 1.70. The summed E-state index contributed by atoms with van der Waals surface area (Å²) in [4.78, 5) is 23.1. The number of primary amides is 1. The van der Waals surface area contributed by atoms with E-state index in [1.165, 1.54) is 16.9 Å². The minimum atomic E-state index is -0.930. The van der Waals surface area contributed by atoms with Crippen LogP contribution in [0.15, 0.2) is 30.6 Å². The van der Waals surface area contributed by atoms with Crippen molar-refractivity contribution in [3.63, 3.8) is 0 Å². The highest BCUT2D eigenvalue weighted by Gasteiger charge is 2.18. The quantitative estimate of drug-likeness (QED) is 0.751. The van der Waals surface area contributed by atoms with Gasteiger partial charge in [0.15, 0.2) is 0 Å². The Morgan fingerprint density at radius 1 is 1.43 bits per heavy atom. The Morgan fingerprint density at radius 2 is 2.14 bits per heavy atom. The molecule has 0 spiro atoms. The highest BCUT2D eigenvalue weighted by Crippen LogP contribution is 2.17. The van der Waals surface area contributed by atoms with Gasteiger partial charge in [-0.3, -0.25) is 14.3 Å². The molecule has 7 nitrogen and oxygen atoms in total. The number of benzene rings is 1. The van der Waals surface area contributed by atoms with Gasteiger partial charge >= 0.3 is 0 Å². The molecule has 1 atom stereocenters. The van der Waals surface area contributed by atoms with Crippen molar-refractivity contribution in [1.29, 1.82) is 0 Å². The summed E-state index contributed by atoms with van der Waals surface area (Å²) in [6, 6.07) is 2.59. The molecule has 0 aliphatic heterocycles. The molecule has 0 aliphatic rings.